The fourth-order valence-corrected chi connectivity index (χ4v) is 0.895. The van der Waals surface area contributed by atoms with Gasteiger partial charge in [0.2, 0.25) is 0 Å². The molecule has 0 fully saturated rings. The van der Waals surface area contributed by atoms with Crippen LogP contribution in [0.25, 0.3) is 0 Å². The van der Waals surface area contributed by atoms with Gasteiger partial charge in [0.15, 0.2) is 0 Å². The first kappa shape index (κ1) is 7.35. The van der Waals surface area contributed by atoms with E-state index in [1.807, 2.05) is 31.2 Å². The second-order valence-corrected chi connectivity index (χ2v) is 2.26. The molecule has 0 unspecified atom stereocenters. The van der Waals surface area contributed by atoms with Crippen LogP contribution in [0.15, 0.2) is 29.3 Å². The SMILES string of the molecule is Cc1ccccc1/N=C\S. The molecule has 1 aromatic rings. The lowest BCUT2D eigenvalue weighted by Crippen LogP contribution is -1.70. The van der Waals surface area contributed by atoms with Gasteiger partial charge in [0.25, 0.3) is 0 Å². The minimum atomic E-state index is 0.984. The van der Waals surface area contributed by atoms with E-state index in [2.05, 4.69) is 17.6 Å². The van der Waals surface area contributed by atoms with Gasteiger partial charge in [-0.25, -0.2) is 0 Å². The third-order valence-corrected chi connectivity index (χ3v) is 1.43. The van der Waals surface area contributed by atoms with E-state index in [1.165, 1.54) is 11.1 Å². The minimum Gasteiger partial charge on any atom is -0.250 e. The number of para-hydroxylation sites is 1. The predicted molar refractivity (Wildman–Crippen MR) is 48.3 cm³/mol. The zero-order chi connectivity index (χ0) is 7.40. The third-order valence-electron chi connectivity index (χ3n) is 1.31. The van der Waals surface area contributed by atoms with Crippen LogP contribution in [0.5, 0.6) is 0 Å². The highest BCUT2D eigenvalue weighted by Gasteiger charge is 1.89. The number of hydrogen-bond donors (Lipinski definition) is 1. The molecule has 0 atom stereocenters. The maximum atomic E-state index is 4.05. The first-order valence-electron chi connectivity index (χ1n) is 3.07. The van der Waals surface area contributed by atoms with Crippen molar-refractivity contribution in [3.63, 3.8) is 0 Å². The molecule has 0 aliphatic carbocycles. The Morgan fingerprint density at radius 1 is 1.40 bits per heavy atom. The Labute approximate surface area is 66.2 Å². The van der Waals surface area contributed by atoms with Gasteiger partial charge in [-0.3, -0.25) is 4.99 Å². The molecule has 0 aromatic heterocycles. The van der Waals surface area contributed by atoms with E-state index >= 15 is 0 Å². The summed E-state index contributed by atoms with van der Waals surface area (Å²) < 4.78 is 0. The minimum absolute atomic E-state index is 0.984. The quantitative estimate of drug-likeness (QED) is 0.360. The van der Waals surface area contributed by atoms with Gasteiger partial charge in [-0.1, -0.05) is 18.2 Å². The maximum Gasteiger partial charge on any atom is 0.0664 e. The van der Waals surface area contributed by atoms with Crippen molar-refractivity contribution >= 4 is 23.9 Å². The highest BCUT2D eigenvalue weighted by atomic mass is 32.1. The lowest BCUT2D eigenvalue weighted by Gasteiger charge is -1.95. The van der Waals surface area contributed by atoms with Gasteiger partial charge in [-0.05, 0) is 18.6 Å². The summed E-state index contributed by atoms with van der Waals surface area (Å²) in [5.41, 5.74) is 3.66. The average Bonchev–Trinajstić information content (AvgIpc) is 1.94. The Hall–Kier alpha value is -0.760. The molecule has 1 rings (SSSR count). The molecule has 2 heteroatoms. The average molecular weight is 151 g/mol. The van der Waals surface area contributed by atoms with Gasteiger partial charge in [0, 0.05) is 0 Å². The highest BCUT2D eigenvalue weighted by Crippen LogP contribution is 2.15. The standard InChI is InChI=1S/C8H9NS/c1-7-4-2-3-5-8(7)9-6-10/h2-6H,1H3,(H,9,10). The van der Waals surface area contributed by atoms with Crippen molar-refractivity contribution in [2.75, 3.05) is 0 Å². The number of thiol groups is 1. The summed E-state index contributed by atoms with van der Waals surface area (Å²) in [6, 6.07) is 7.94. The van der Waals surface area contributed by atoms with E-state index in [4.69, 9.17) is 0 Å². The predicted octanol–water partition coefficient (Wildman–Crippen LogP) is 2.58. The summed E-state index contributed by atoms with van der Waals surface area (Å²) >= 11 is 3.89. The summed E-state index contributed by atoms with van der Waals surface area (Å²) in [7, 11) is 0. The third kappa shape index (κ3) is 1.61. The Bertz CT molecular complexity index is 243. The van der Waals surface area contributed by atoms with Crippen molar-refractivity contribution in [2.45, 2.75) is 6.92 Å². The van der Waals surface area contributed by atoms with Crippen molar-refractivity contribution < 1.29 is 0 Å². The van der Waals surface area contributed by atoms with Gasteiger partial charge >= 0.3 is 0 Å². The van der Waals surface area contributed by atoms with Crippen LogP contribution < -0.4 is 0 Å². The normalized spacial score (nSPS) is 10.6. The number of rotatable bonds is 1. The zero-order valence-electron chi connectivity index (χ0n) is 5.78. The molecular weight excluding hydrogens is 142 g/mol. The number of hydrogen-bond acceptors (Lipinski definition) is 1. The fourth-order valence-electron chi connectivity index (χ4n) is 0.770. The molecule has 52 valence electrons. The smallest absolute Gasteiger partial charge is 0.0664 e. The van der Waals surface area contributed by atoms with Crippen LogP contribution in [0.2, 0.25) is 0 Å². The van der Waals surface area contributed by atoms with Crippen molar-refractivity contribution in [3.8, 4) is 0 Å². The molecule has 0 N–H and O–H groups in total. The molecular formula is C8H9NS. The Kier molecular flexibility index (Phi) is 2.51. The summed E-state index contributed by atoms with van der Waals surface area (Å²) in [5, 5.41) is 0. The topological polar surface area (TPSA) is 12.4 Å². The van der Waals surface area contributed by atoms with E-state index in [0.717, 1.165) is 5.69 Å². The maximum absolute atomic E-state index is 4.05. The molecule has 0 amide bonds. The van der Waals surface area contributed by atoms with Crippen LogP contribution in [0.4, 0.5) is 5.69 Å². The molecule has 0 aliphatic heterocycles. The van der Waals surface area contributed by atoms with Gasteiger partial charge in [-0.15, -0.1) is 12.6 Å². The monoisotopic (exact) mass is 151 g/mol. The molecule has 0 aliphatic rings. The number of nitrogens with zero attached hydrogens (tertiary/aromatic N) is 1. The van der Waals surface area contributed by atoms with Crippen LogP contribution in [0, 0.1) is 6.92 Å². The first-order valence-corrected chi connectivity index (χ1v) is 3.58. The molecule has 0 bridgehead atoms. The highest BCUT2D eigenvalue weighted by molar-refractivity contribution is 7.94. The van der Waals surface area contributed by atoms with Gasteiger partial charge in [0.05, 0.1) is 11.2 Å². The van der Waals surface area contributed by atoms with Crippen LogP contribution in [-0.4, -0.2) is 5.55 Å². The van der Waals surface area contributed by atoms with E-state index in [-0.39, 0.29) is 0 Å². The number of aryl methyl sites for hydroxylation is 1. The van der Waals surface area contributed by atoms with E-state index in [9.17, 15) is 0 Å². The van der Waals surface area contributed by atoms with Gasteiger partial charge in [0.1, 0.15) is 0 Å². The summed E-state index contributed by atoms with van der Waals surface area (Å²) in [6.07, 6.45) is 0. The second-order valence-electron chi connectivity index (χ2n) is 2.03. The molecule has 10 heavy (non-hydrogen) atoms. The van der Waals surface area contributed by atoms with Crippen molar-refractivity contribution in [1.82, 2.24) is 0 Å². The number of aliphatic imine (C=N–C) groups is 1. The van der Waals surface area contributed by atoms with Crippen molar-refractivity contribution in [3.05, 3.63) is 29.8 Å². The van der Waals surface area contributed by atoms with E-state index in [0.29, 0.717) is 0 Å². The van der Waals surface area contributed by atoms with Crippen LogP contribution in [0.1, 0.15) is 5.56 Å². The molecule has 0 saturated heterocycles. The molecule has 1 aromatic carbocycles. The molecule has 0 heterocycles. The largest absolute Gasteiger partial charge is 0.250 e. The lowest BCUT2D eigenvalue weighted by molar-refractivity contribution is 1.41. The van der Waals surface area contributed by atoms with E-state index < -0.39 is 0 Å². The first-order chi connectivity index (χ1) is 4.84. The Balaban J connectivity index is 3.03. The van der Waals surface area contributed by atoms with Crippen molar-refractivity contribution in [2.24, 2.45) is 4.99 Å². The van der Waals surface area contributed by atoms with Crippen LogP contribution >= 0.6 is 12.6 Å². The molecule has 0 radical (unpaired) electrons. The summed E-state index contributed by atoms with van der Waals surface area (Å²) in [4.78, 5) is 4.05. The van der Waals surface area contributed by atoms with Crippen LogP contribution in [-0.2, 0) is 0 Å². The number of benzene rings is 1. The second kappa shape index (κ2) is 3.42. The lowest BCUT2D eigenvalue weighted by atomic mass is 10.2. The van der Waals surface area contributed by atoms with Gasteiger partial charge in [-0.2, -0.15) is 0 Å². The van der Waals surface area contributed by atoms with Crippen LogP contribution in [0.3, 0.4) is 0 Å². The molecule has 0 saturated carbocycles. The fraction of sp³-hybridized carbons (Fsp3) is 0.125. The summed E-state index contributed by atoms with van der Waals surface area (Å²) in [5.74, 6) is 0. The molecule has 0 spiro atoms. The zero-order valence-corrected chi connectivity index (χ0v) is 6.68. The van der Waals surface area contributed by atoms with Gasteiger partial charge < -0.3 is 0 Å². The Morgan fingerprint density at radius 2 is 2.10 bits per heavy atom. The van der Waals surface area contributed by atoms with E-state index in [1.54, 1.807) is 0 Å². The summed E-state index contributed by atoms with van der Waals surface area (Å²) in [6.45, 7) is 2.02. The molecule has 1 nitrogen and oxygen atoms in total. The van der Waals surface area contributed by atoms with Crippen molar-refractivity contribution in [1.29, 1.82) is 0 Å². The Morgan fingerprint density at radius 3 is 2.70 bits per heavy atom.